The summed E-state index contributed by atoms with van der Waals surface area (Å²) in [7, 11) is 0. The van der Waals surface area contributed by atoms with Gasteiger partial charge in [-0.15, -0.1) is 0 Å². The van der Waals surface area contributed by atoms with E-state index >= 15 is 0 Å². The lowest BCUT2D eigenvalue weighted by Gasteiger charge is -2.12. The second kappa shape index (κ2) is 5.34. The molecule has 0 spiro atoms. The highest BCUT2D eigenvalue weighted by molar-refractivity contribution is 9.10. The number of hydrogen-bond acceptors (Lipinski definition) is 3. The SMILES string of the molecule is FC(F)(F)c1ccc(Br)c(Nc2cc(Cl)ncn2)c1. The van der Waals surface area contributed by atoms with Gasteiger partial charge in [0.15, 0.2) is 0 Å². The number of alkyl halides is 3. The Hall–Kier alpha value is -1.34. The predicted octanol–water partition coefficient (Wildman–Crippen LogP) is 4.65. The van der Waals surface area contributed by atoms with Crippen LogP contribution in [0.2, 0.25) is 5.15 Å². The summed E-state index contributed by atoms with van der Waals surface area (Å²) in [6, 6.07) is 4.70. The van der Waals surface area contributed by atoms with Crippen LogP contribution in [-0.4, -0.2) is 9.97 Å². The zero-order chi connectivity index (χ0) is 14.0. The van der Waals surface area contributed by atoms with Crippen molar-refractivity contribution >= 4 is 39.0 Å². The Morgan fingerprint density at radius 3 is 2.53 bits per heavy atom. The molecular weight excluding hydrogens is 346 g/mol. The summed E-state index contributed by atoms with van der Waals surface area (Å²) in [5.41, 5.74) is -0.511. The molecule has 0 atom stereocenters. The lowest BCUT2D eigenvalue weighted by molar-refractivity contribution is -0.137. The first-order valence-corrected chi connectivity index (χ1v) is 6.14. The van der Waals surface area contributed by atoms with Crippen molar-refractivity contribution in [3.8, 4) is 0 Å². The van der Waals surface area contributed by atoms with Crippen LogP contribution in [0.1, 0.15) is 5.56 Å². The van der Waals surface area contributed by atoms with E-state index in [0.717, 1.165) is 12.1 Å². The number of nitrogens with zero attached hydrogens (tertiary/aromatic N) is 2. The van der Waals surface area contributed by atoms with E-state index in [4.69, 9.17) is 11.6 Å². The summed E-state index contributed by atoms with van der Waals surface area (Å²) in [5, 5.41) is 2.94. The van der Waals surface area contributed by atoms with Crippen LogP contribution in [0.4, 0.5) is 24.7 Å². The molecule has 0 radical (unpaired) electrons. The molecule has 0 saturated heterocycles. The van der Waals surface area contributed by atoms with E-state index in [-0.39, 0.29) is 10.8 Å². The van der Waals surface area contributed by atoms with Gasteiger partial charge in [0.1, 0.15) is 17.3 Å². The zero-order valence-electron chi connectivity index (χ0n) is 9.17. The fourth-order valence-electron chi connectivity index (χ4n) is 1.34. The standard InChI is InChI=1S/C11H6BrClF3N3/c12-7-2-1-6(11(14,15)16)3-8(7)19-10-4-9(13)17-5-18-10/h1-5H,(H,17,18,19). The Labute approximate surface area is 120 Å². The van der Waals surface area contributed by atoms with Gasteiger partial charge in [0.2, 0.25) is 0 Å². The molecule has 2 aromatic rings. The molecule has 0 aliphatic rings. The minimum absolute atomic E-state index is 0.195. The van der Waals surface area contributed by atoms with Gasteiger partial charge in [0, 0.05) is 10.5 Å². The van der Waals surface area contributed by atoms with Crippen LogP contribution in [0.15, 0.2) is 35.1 Å². The third-order valence-electron chi connectivity index (χ3n) is 2.19. The summed E-state index contributed by atoms with van der Waals surface area (Å²) in [6.45, 7) is 0. The molecule has 1 aromatic heterocycles. The fourth-order valence-corrected chi connectivity index (χ4v) is 1.83. The van der Waals surface area contributed by atoms with Crippen molar-refractivity contribution < 1.29 is 13.2 Å². The highest BCUT2D eigenvalue weighted by atomic mass is 79.9. The van der Waals surface area contributed by atoms with Crippen LogP contribution in [0, 0.1) is 0 Å². The summed E-state index contributed by atoms with van der Waals surface area (Å²) in [4.78, 5) is 7.54. The molecule has 3 nitrogen and oxygen atoms in total. The van der Waals surface area contributed by atoms with Crippen LogP contribution in [0.3, 0.4) is 0 Å². The molecule has 0 amide bonds. The predicted molar refractivity (Wildman–Crippen MR) is 69.5 cm³/mol. The number of anilines is 2. The molecule has 0 saturated carbocycles. The molecule has 0 aliphatic carbocycles. The Morgan fingerprint density at radius 2 is 1.89 bits per heavy atom. The monoisotopic (exact) mass is 351 g/mol. The van der Waals surface area contributed by atoms with E-state index in [9.17, 15) is 13.2 Å². The van der Waals surface area contributed by atoms with Gasteiger partial charge in [-0.05, 0) is 34.1 Å². The van der Waals surface area contributed by atoms with E-state index in [2.05, 4.69) is 31.2 Å². The van der Waals surface area contributed by atoms with Gasteiger partial charge >= 0.3 is 6.18 Å². The smallest absolute Gasteiger partial charge is 0.339 e. The number of benzene rings is 1. The largest absolute Gasteiger partial charge is 0.416 e. The second-order valence-corrected chi connectivity index (χ2v) is 4.78. The lowest BCUT2D eigenvalue weighted by atomic mass is 10.2. The summed E-state index contributed by atoms with van der Waals surface area (Å²) in [5.74, 6) is 0.306. The zero-order valence-corrected chi connectivity index (χ0v) is 11.5. The molecule has 1 N–H and O–H groups in total. The van der Waals surface area contributed by atoms with Crippen LogP contribution in [-0.2, 0) is 6.18 Å². The highest BCUT2D eigenvalue weighted by Gasteiger charge is 2.30. The minimum atomic E-state index is -4.40. The normalized spacial score (nSPS) is 11.4. The van der Waals surface area contributed by atoms with E-state index in [1.807, 2.05) is 0 Å². The Kier molecular flexibility index (Phi) is 3.96. The molecule has 19 heavy (non-hydrogen) atoms. The van der Waals surface area contributed by atoms with Gasteiger partial charge in [-0.3, -0.25) is 0 Å². The van der Waals surface area contributed by atoms with Gasteiger partial charge in [-0.25, -0.2) is 9.97 Å². The molecule has 2 rings (SSSR count). The first kappa shape index (κ1) is 14.1. The fraction of sp³-hybridized carbons (Fsp3) is 0.0909. The van der Waals surface area contributed by atoms with Crippen molar-refractivity contribution in [1.82, 2.24) is 9.97 Å². The number of rotatable bonds is 2. The summed E-state index contributed by atoms with van der Waals surface area (Å²) < 4.78 is 38.3. The maximum atomic E-state index is 12.6. The van der Waals surface area contributed by atoms with Gasteiger partial charge in [-0.1, -0.05) is 11.6 Å². The highest BCUT2D eigenvalue weighted by Crippen LogP contribution is 2.34. The first-order valence-electron chi connectivity index (χ1n) is 4.97. The summed E-state index contributed by atoms with van der Waals surface area (Å²) >= 11 is 8.84. The van der Waals surface area contributed by atoms with Crippen LogP contribution in [0.25, 0.3) is 0 Å². The van der Waals surface area contributed by atoms with E-state index in [1.54, 1.807) is 0 Å². The number of nitrogens with one attached hydrogen (secondary N) is 1. The van der Waals surface area contributed by atoms with E-state index in [1.165, 1.54) is 18.5 Å². The average Bonchev–Trinajstić information content (AvgIpc) is 2.30. The van der Waals surface area contributed by atoms with Crippen LogP contribution >= 0.6 is 27.5 Å². The average molecular weight is 353 g/mol. The van der Waals surface area contributed by atoms with Gasteiger partial charge in [-0.2, -0.15) is 13.2 Å². The van der Waals surface area contributed by atoms with E-state index < -0.39 is 11.7 Å². The maximum absolute atomic E-state index is 12.6. The number of hydrogen-bond donors (Lipinski definition) is 1. The van der Waals surface area contributed by atoms with Gasteiger partial charge < -0.3 is 5.32 Å². The quantitative estimate of drug-likeness (QED) is 0.799. The topological polar surface area (TPSA) is 37.8 Å². The van der Waals surface area contributed by atoms with Crippen LogP contribution in [0.5, 0.6) is 0 Å². The van der Waals surface area contributed by atoms with Crippen molar-refractivity contribution in [2.45, 2.75) is 6.18 Å². The van der Waals surface area contributed by atoms with Gasteiger partial charge in [0.05, 0.1) is 11.3 Å². The molecule has 1 aromatic carbocycles. The molecule has 0 aliphatic heterocycles. The second-order valence-electron chi connectivity index (χ2n) is 3.54. The molecule has 8 heteroatoms. The third kappa shape index (κ3) is 3.57. The third-order valence-corrected chi connectivity index (χ3v) is 3.09. The first-order chi connectivity index (χ1) is 8.86. The Morgan fingerprint density at radius 1 is 1.16 bits per heavy atom. The van der Waals surface area contributed by atoms with Gasteiger partial charge in [0.25, 0.3) is 0 Å². The maximum Gasteiger partial charge on any atom is 0.416 e. The molecular formula is C11H6BrClF3N3. The Balaban J connectivity index is 2.34. The van der Waals surface area contributed by atoms with Crippen molar-refractivity contribution in [2.75, 3.05) is 5.32 Å². The summed E-state index contributed by atoms with van der Waals surface area (Å²) in [6.07, 6.45) is -3.19. The molecule has 0 fully saturated rings. The molecule has 100 valence electrons. The molecule has 0 unspecified atom stereocenters. The lowest BCUT2D eigenvalue weighted by Crippen LogP contribution is -2.06. The minimum Gasteiger partial charge on any atom is -0.339 e. The number of aromatic nitrogens is 2. The van der Waals surface area contributed by atoms with Crippen molar-refractivity contribution in [3.63, 3.8) is 0 Å². The number of halogens is 5. The van der Waals surface area contributed by atoms with Crippen molar-refractivity contribution in [2.24, 2.45) is 0 Å². The van der Waals surface area contributed by atoms with Crippen molar-refractivity contribution in [1.29, 1.82) is 0 Å². The van der Waals surface area contributed by atoms with E-state index in [0.29, 0.717) is 10.3 Å². The molecule has 0 bridgehead atoms. The van der Waals surface area contributed by atoms with Crippen LogP contribution < -0.4 is 5.32 Å². The van der Waals surface area contributed by atoms with Crippen molar-refractivity contribution in [3.05, 3.63) is 45.8 Å². The Bertz CT molecular complexity index is 604. The molecule has 1 heterocycles.